The van der Waals surface area contributed by atoms with Crippen molar-refractivity contribution in [2.24, 2.45) is 5.73 Å². The van der Waals surface area contributed by atoms with Crippen molar-refractivity contribution < 1.29 is 31.5 Å². The summed E-state index contributed by atoms with van der Waals surface area (Å²) in [5.41, 5.74) is 5.90. The smallest absolute Gasteiger partial charge is 0.413 e. The average Bonchev–Trinajstić information content (AvgIpc) is 2.89. The quantitative estimate of drug-likeness (QED) is 0.441. The van der Waals surface area contributed by atoms with Crippen molar-refractivity contribution >= 4 is 27.2 Å². The van der Waals surface area contributed by atoms with Crippen LogP contribution in [0.25, 0.3) is 5.57 Å². The van der Waals surface area contributed by atoms with Gasteiger partial charge in [-0.2, -0.15) is 13.2 Å². The summed E-state index contributed by atoms with van der Waals surface area (Å²) < 4.78 is 70.1. The molecule has 4 rings (SSSR count). The number of allylic oxidation sites excluding steroid dienone is 3. The lowest BCUT2D eigenvalue weighted by molar-refractivity contribution is -0.149. The molecule has 3 aromatic rings. The summed E-state index contributed by atoms with van der Waals surface area (Å²) in [5, 5.41) is 10.4. The summed E-state index contributed by atoms with van der Waals surface area (Å²) >= 11 is 0. The van der Waals surface area contributed by atoms with Gasteiger partial charge in [-0.15, -0.1) is 0 Å². The SMILES string of the molecule is Cc1c(O)ccc(C(N)=O)c1N(Cc1cccnc1)S(=O)(=O)C1(C(F)(F)F)C=CC(c2ccccc2)=CC1. The van der Waals surface area contributed by atoms with Gasteiger partial charge in [-0.3, -0.25) is 14.1 Å². The lowest BCUT2D eigenvalue weighted by Crippen LogP contribution is -2.57. The van der Waals surface area contributed by atoms with Gasteiger partial charge in [-0.05, 0) is 41.8 Å². The van der Waals surface area contributed by atoms with Gasteiger partial charge < -0.3 is 10.8 Å². The molecule has 0 saturated carbocycles. The Hall–Kier alpha value is -4.12. The van der Waals surface area contributed by atoms with E-state index in [4.69, 9.17) is 5.73 Å². The van der Waals surface area contributed by atoms with Crippen molar-refractivity contribution in [1.29, 1.82) is 0 Å². The number of nitrogens with two attached hydrogens (primary N) is 1. The molecule has 1 heterocycles. The molecule has 0 bridgehead atoms. The maximum Gasteiger partial charge on any atom is 0.413 e. The highest BCUT2D eigenvalue weighted by Crippen LogP contribution is 2.48. The third-order valence-electron chi connectivity index (χ3n) is 6.46. The van der Waals surface area contributed by atoms with E-state index in [1.165, 1.54) is 37.5 Å². The molecule has 2 aromatic carbocycles. The number of aromatic hydroxyl groups is 1. The van der Waals surface area contributed by atoms with Gasteiger partial charge in [0.2, 0.25) is 4.75 Å². The molecule has 7 nitrogen and oxygen atoms in total. The zero-order chi connectivity index (χ0) is 27.7. The van der Waals surface area contributed by atoms with E-state index in [-0.39, 0.29) is 16.7 Å². The van der Waals surface area contributed by atoms with E-state index < -0.39 is 51.3 Å². The molecular formula is C27H24F3N3O4S. The fourth-order valence-corrected chi connectivity index (χ4v) is 6.38. The molecule has 0 saturated heterocycles. The molecule has 38 heavy (non-hydrogen) atoms. The molecule has 1 atom stereocenters. The highest BCUT2D eigenvalue weighted by Gasteiger charge is 2.64. The molecule has 198 valence electrons. The van der Waals surface area contributed by atoms with Crippen LogP contribution in [0.4, 0.5) is 18.9 Å². The Morgan fingerprint density at radius 1 is 1.13 bits per heavy atom. The van der Waals surface area contributed by atoms with Crippen LogP contribution in [0.2, 0.25) is 0 Å². The number of anilines is 1. The number of primary amides is 1. The number of aromatic nitrogens is 1. The normalized spacial score (nSPS) is 17.6. The minimum Gasteiger partial charge on any atom is -0.508 e. The van der Waals surface area contributed by atoms with Crippen LogP contribution < -0.4 is 10.0 Å². The van der Waals surface area contributed by atoms with Gasteiger partial charge in [0.05, 0.1) is 17.8 Å². The number of carbonyl (C=O) groups is 1. The van der Waals surface area contributed by atoms with Gasteiger partial charge in [-0.25, -0.2) is 8.42 Å². The number of sulfonamides is 1. The number of phenolic OH excluding ortho intramolecular Hbond substituents is 1. The average molecular weight is 544 g/mol. The second kappa shape index (κ2) is 9.97. The summed E-state index contributed by atoms with van der Waals surface area (Å²) in [5.74, 6) is -1.48. The molecule has 0 spiro atoms. The van der Waals surface area contributed by atoms with Gasteiger partial charge >= 0.3 is 6.18 Å². The van der Waals surface area contributed by atoms with Gasteiger partial charge in [0.1, 0.15) is 5.75 Å². The highest BCUT2D eigenvalue weighted by molar-refractivity contribution is 7.94. The number of carbonyl (C=O) groups excluding carboxylic acids is 1. The van der Waals surface area contributed by atoms with Gasteiger partial charge in [0.15, 0.2) is 0 Å². The number of hydrogen-bond acceptors (Lipinski definition) is 5. The molecule has 1 aliphatic rings. The fourth-order valence-electron chi connectivity index (χ4n) is 4.36. The molecule has 1 amide bonds. The second-order valence-corrected chi connectivity index (χ2v) is 10.9. The summed E-state index contributed by atoms with van der Waals surface area (Å²) in [4.78, 5) is 16.2. The predicted molar refractivity (Wildman–Crippen MR) is 138 cm³/mol. The molecule has 0 fully saturated rings. The molecular weight excluding hydrogens is 519 g/mol. The lowest BCUT2D eigenvalue weighted by atomic mass is 9.92. The molecule has 0 radical (unpaired) electrons. The van der Waals surface area contributed by atoms with Crippen molar-refractivity contribution in [3.05, 3.63) is 107 Å². The highest BCUT2D eigenvalue weighted by atomic mass is 32.2. The second-order valence-electron chi connectivity index (χ2n) is 8.79. The third-order valence-corrected chi connectivity index (χ3v) is 8.81. The van der Waals surface area contributed by atoms with Crippen molar-refractivity contribution in [3.63, 3.8) is 0 Å². The maximum atomic E-state index is 14.8. The first kappa shape index (κ1) is 26.9. The van der Waals surface area contributed by atoms with Crippen molar-refractivity contribution in [2.75, 3.05) is 4.31 Å². The van der Waals surface area contributed by atoms with Crippen LogP contribution >= 0.6 is 0 Å². The number of hydrogen-bond donors (Lipinski definition) is 2. The van der Waals surface area contributed by atoms with Gasteiger partial charge in [0, 0.05) is 24.4 Å². The zero-order valence-corrected chi connectivity index (χ0v) is 21.0. The molecule has 1 aliphatic carbocycles. The molecule has 1 unspecified atom stereocenters. The van der Waals surface area contributed by atoms with Gasteiger partial charge in [0.25, 0.3) is 15.9 Å². The minimum absolute atomic E-state index is 0.119. The largest absolute Gasteiger partial charge is 0.508 e. The van der Waals surface area contributed by atoms with E-state index in [9.17, 15) is 31.5 Å². The lowest BCUT2D eigenvalue weighted by Gasteiger charge is -2.39. The number of phenols is 1. The Bertz CT molecular complexity index is 1520. The maximum absolute atomic E-state index is 14.8. The van der Waals surface area contributed by atoms with E-state index in [1.807, 2.05) is 0 Å². The Morgan fingerprint density at radius 3 is 2.39 bits per heavy atom. The predicted octanol–water partition coefficient (Wildman–Crippen LogP) is 4.88. The Balaban J connectivity index is 1.94. The first-order valence-electron chi connectivity index (χ1n) is 11.4. The topological polar surface area (TPSA) is 114 Å². The monoisotopic (exact) mass is 543 g/mol. The molecule has 1 aromatic heterocycles. The van der Waals surface area contributed by atoms with Crippen LogP contribution in [0.5, 0.6) is 5.75 Å². The summed E-state index contributed by atoms with van der Waals surface area (Å²) in [7, 11) is -5.37. The zero-order valence-electron chi connectivity index (χ0n) is 20.2. The van der Waals surface area contributed by atoms with Gasteiger partial charge in [-0.1, -0.05) is 54.6 Å². The minimum atomic E-state index is -5.37. The molecule has 11 heteroatoms. The van der Waals surface area contributed by atoms with Crippen LogP contribution in [0.1, 0.15) is 33.5 Å². The summed E-state index contributed by atoms with van der Waals surface area (Å²) in [6, 6.07) is 13.8. The number of alkyl halides is 3. The van der Waals surface area contributed by atoms with Crippen LogP contribution in [0, 0.1) is 6.92 Å². The molecule has 3 N–H and O–H groups in total. The Labute approximate surface area is 217 Å². The van der Waals surface area contributed by atoms with E-state index >= 15 is 0 Å². The number of rotatable bonds is 7. The fraction of sp³-hybridized carbons (Fsp3) is 0.185. The van der Waals surface area contributed by atoms with Crippen LogP contribution in [-0.4, -0.2) is 35.3 Å². The standard InChI is InChI=1S/C27H24F3N3O4S/c1-18-23(34)10-9-22(25(31)35)24(18)33(17-19-6-5-15-32-16-19)38(36,37)26(27(28,29)30)13-11-21(12-14-26)20-7-3-2-4-8-20/h2-13,15-16,34H,14,17H2,1H3,(H2,31,35). The third kappa shape index (κ3) is 4.65. The summed E-state index contributed by atoms with van der Waals surface area (Å²) in [6.45, 7) is 0.703. The Kier molecular flexibility index (Phi) is 7.07. The van der Waals surface area contributed by atoms with Crippen molar-refractivity contribution in [3.8, 4) is 5.75 Å². The summed E-state index contributed by atoms with van der Waals surface area (Å²) in [6.07, 6.45) is -0.423. The van der Waals surface area contributed by atoms with Crippen molar-refractivity contribution in [1.82, 2.24) is 4.98 Å². The molecule has 0 aliphatic heterocycles. The first-order chi connectivity index (χ1) is 17.9. The van der Waals surface area contributed by atoms with Crippen LogP contribution in [-0.2, 0) is 16.6 Å². The number of nitrogens with zero attached hydrogens (tertiary/aromatic N) is 2. The number of pyridine rings is 1. The van der Waals surface area contributed by atoms with E-state index in [1.54, 1.807) is 30.3 Å². The van der Waals surface area contributed by atoms with E-state index in [0.29, 0.717) is 21.5 Å². The number of halogens is 3. The van der Waals surface area contributed by atoms with Crippen LogP contribution in [0.15, 0.2) is 85.2 Å². The van der Waals surface area contributed by atoms with E-state index in [2.05, 4.69) is 4.98 Å². The first-order valence-corrected chi connectivity index (χ1v) is 12.9. The van der Waals surface area contributed by atoms with Crippen LogP contribution in [0.3, 0.4) is 0 Å². The number of benzene rings is 2. The number of amides is 1. The van der Waals surface area contributed by atoms with E-state index in [0.717, 1.165) is 18.2 Å². The van der Waals surface area contributed by atoms with Crippen molar-refractivity contribution in [2.45, 2.75) is 30.8 Å². The Morgan fingerprint density at radius 2 is 1.84 bits per heavy atom.